The van der Waals surface area contributed by atoms with E-state index in [2.05, 4.69) is 15.7 Å². The molecule has 1 fully saturated rings. The van der Waals surface area contributed by atoms with E-state index in [4.69, 9.17) is 11.6 Å². The Hall–Kier alpha value is -3.26. The molecule has 0 radical (unpaired) electrons. The van der Waals surface area contributed by atoms with Crippen LogP contribution in [0.4, 0.5) is 11.4 Å². The fourth-order valence-electron chi connectivity index (χ4n) is 3.54. The first-order chi connectivity index (χ1) is 14.3. The normalized spacial score (nSPS) is 20.1. The van der Waals surface area contributed by atoms with Crippen molar-refractivity contribution >= 4 is 40.7 Å². The van der Waals surface area contributed by atoms with E-state index in [1.807, 2.05) is 26.8 Å². The summed E-state index contributed by atoms with van der Waals surface area (Å²) in [5.41, 5.74) is 3.95. The first kappa shape index (κ1) is 20.0. The van der Waals surface area contributed by atoms with Crippen LogP contribution in [0.5, 0.6) is 0 Å². The van der Waals surface area contributed by atoms with Crippen LogP contribution in [-0.2, 0) is 14.4 Å². The number of benzene rings is 2. The van der Waals surface area contributed by atoms with Gasteiger partial charge in [-0.2, -0.15) is 5.11 Å². The van der Waals surface area contributed by atoms with Gasteiger partial charge >= 0.3 is 0 Å². The lowest BCUT2D eigenvalue weighted by Crippen LogP contribution is -2.43. The van der Waals surface area contributed by atoms with Crippen LogP contribution in [0.25, 0.3) is 0 Å². The second kappa shape index (κ2) is 7.53. The summed E-state index contributed by atoms with van der Waals surface area (Å²) >= 11 is 5.99. The molecule has 4 rings (SSSR count). The number of rotatable bonds is 4. The van der Waals surface area contributed by atoms with E-state index in [1.165, 1.54) is 5.01 Å². The van der Waals surface area contributed by atoms with E-state index in [-0.39, 0.29) is 12.5 Å². The number of nitrogens with one attached hydrogen (secondary N) is 1. The number of hydrogen-bond acceptors (Lipinski definition) is 6. The lowest BCUT2D eigenvalue weighted by Gasteiger charge is -2.21. The molecule has 0 saturated carbocycles. The molecule has 0 aliphatic carbocycles. The largest absolute Gasteiger partial charge is 0.324 e. The van der Waals surface area contributed by atoms with Crippen LogP contribution < -0.4 is 10.2 Å². The minimum Gasteiger partial charge on any atom is -0.324 e. The summed E-state index contributed by atoms with van der Waals surface area (Å²) in [6, 6.07) is 8.69. The summed E-state index contributed by atoms with van der Waals surface area (Å²) in [4.78, 5) is 39.5. The van der Waals surface area contributed by atoms with Crippen molar-refractivity contribution in [2.75, 3.05) is 16.8 Å². The molecule has 2 aliphatic rings. The Morgan fingerprint density at radius 2 is 1.77 bits per heavy atom. The van der Waals surface area contributed by atoms with Crippen molar-refractivity contribution in [3.8, 4) is 0 Å². The third-order valence-electron chi connectivity index (χ3n) is 5.39. The van der Waals surface area contributed by atoms with Gasteiger partial charge in [-0.1, -0.05) is 29.0 Å². The molecule has 2 aromatic carbocycles. The molecule has 0 spiro atoms. The van der Waals surface area contributed by atoms with Gasteiger partial charge in [0.05, 0.1) is 5.69 Å². The Kier molecular flexibility index (Phi) is 5.03. The van der Waals surface area contributed by atoms with Crippen LogP contribution in [0.1, 0.15) is 16.7 Å². The smallest absolute Gasteiger partial charge is 0.263 e. The van der Waals surface area contributed by atoms with Gasteiger partial charge in [-0.15, -0.1) is 0 Å². The molecule has 2 aliphatic heterocycles. The topological polar surface area (TPSA) is 94.4 Å². The van der Waals surface area contributed by atoms with E-state index in [0.717, 1.165) is 21.6 Å². The predicted molar refractivity (Wildman–Crippen MR) is 112 cm³/mol. The van der Waals surface area contributed by atoms with Crippen molar-refractivity contribution in [3.05, 3.63) is 58.1 Å². The number of carbonyl (C=O) groups excluding carboxylic acids is 3. The highest BCUT2D eigenvalue weighted by atomic mass is 35.5. The highest BCUT2D eigenvalue weighted by Crippen LogP contribution is 2.32. The Labute approximate surface area is 178 Å². The Morgan fingerprint density at radius 1 is 1.03 bits per heavy atom. The molecule has 1 N–H and O–H groups in total. The van der Waals surface area contributed by atoms with Crippen LogP contribution in [0.3, 0.4) is 0 Å². The lowest BCUT2D eigenvalue weighted by molar-refractivity contribution is -0.123. The van der Waals surface area contributed by atoms with Gasteiger partial charge in [0, 0.05) is 10.7 Å². The zero-order chi connectivity index (χ0) is 21.6. The molecule has 0 bridgehead atoms. The Morgan fingerprint density at radius 3 is 2.50 bits per heavy atom. The number of aryl methyl sites for hydroxylation is 3. The van der Waals surface area contributed by atoms with Crippen LogP contribution in [-0.4, -0.2) is 41.4 Å². The second-order valence-corrected chi connectivity index (χ2v) is 7.92. The predicted octanol–water partition coefficient (Wildman–Crippen LogP) is 3.20. The number of halogens is 1. The third-order valence-corrected chi connectivity index (χ3v) is 5.62. The monoisotopic (exact) mass is 425 g/mol. The highest BCUT2D eigenvalue weighted by molar-refractivity contribution is 6.31. The summed E-state index contributed by atoms with van der Waals surface area (Å²) in [6.45, 7) is 5.51. The van der Waals surface area contributed by atoms with Gasteiger partial charge in [0.15, 0.2) is 12.1 Å². The number of nitrogens with zero attached hydrogens (tertiary/aromatic N) is 4. The van der Waals surface area contributed by atoms with Crippen molar-refractivity contribution in [2.24, 2.45) is 10.3 Å². The maximum absolute atomic E-state index is 13.0. The van der Waals surface area contributed by atoms with Gasteiger partial charge in [0.1, 0.15) is 6.54 Å². The van der Waals surface area contributed by atoms with Gasteiger partial charge in [-0.05, 0) is 61.7 Å². The number of fused-ring (bicyclic) bond motifs is 1. The lowest BCUT2D eigenvalue weighted by atomic mass is 10.1. The van der Waals surface area contributed by atoms with Crippen LogP contribution in [0, 0.1) is 20.8 Å². The summed E-state index contributed by atoms with van der Waals surface area (Å²) < 4.78 is 0. The van der Waals surface area contributed by atoms with Crippen molar-refractivity contribution in [1.82, 2.24) is 5.01 Å². The molecule has 9 heteroatoms. The Bertz CT molecular complexity index is 1100. The summed E-state index contributed by atoms with van der Waals surface area (Å²) in [7, 11) is 0. The summed E-state index contributed by atoms with van der Waals surface area (Å²) in [5.74, 6) is -1.26. The second-order valence-electron chi connectivity index (χ2n) is 7.48. The van der Waals surface area contributed by atoms with Crippen LogP contribution >= 0.6 is 11.6 Å². The summed E-state index contributed by atoms with van der Waals surface area (Å²) in [6.07, 6.45) is 0. The number of anilines is 2. The standard InChI is InChI=1S/C21H20ClN5O3/c1-11-5-7-15(8-13(11)3)27-20(29)18-19(21(27)30)26(25-24-18)10-17(28)23-16-9-14(22)6-4-12(16)2/h4-9,18-19H,10H2,1-3H3,(H,23,28)/t18-,19+/m1/s1. The van der Waals surface area contributed by atoms with E-state index >= 15 is 0 Å². The minimum absolute atomic E-state index is 0.212. The van der Waals surface area contributed by atoms with Gasteiger partial charge in [0.2, 0.25) is 5.91 Å². The van der Waals surface area contributed by atoms with Gasteiger partial charge in [-0.25, -0.2) is 4.90 Å². The number of amides is 3. The average Bonchev–Trinajstić information content (AvgIpc) is 3.21. The molecule has 154 valence electrons. The fourth-order valence-corrected chi connectivity index (χ4v) is 3.71. The van der Waals surface area contributed by atoms with E-state index in [0.29, 0.717) is 16.4 Å². The van der Waals surface area contributed by atoms with Gasteiger partial charge in [0.25, 0.3) is 11.8 Å². The molecular weight excluding hydrogens is 406 g/mol. The minimum atomic E-state index is -0.945. The molecule has 3 amide bonds. The van der Waals surface area contributed by atoms with Crippen molar-refractivity contribution in [3.63, 3.8) is 0 Å². The fraction of sp³-hybridized carbons (Fsp3) is 0.286. The first-order valence-electron chi connectivity index (χ1n) is 9.45. The number of carbonyl (C=O) groups is 3. The zero-order valence-corrected chi connectivity index (χ0v) is 17.5. The highest BCUT2D eigenvalue weighted by Gasteiger charge is 2.55. The van der Waals surface area contributed by atoms with E-state index in [1.54, 1.807) is 30.3 Å². The quantitative estimate of drug-likeness (QED) is 0.761. The van der Waals surface area contributed by atoms with Crippen molar-refractivity contribution in [2.45, 2.75) is 32.9 Å². The van der Waals surface area contributed by atoms with Gasteiger partial charge < -0.3 is 5.32 Å². The van der Waals surface area contributed by atoms with Crippen molar-refractivity contribution < 1.29 is 14.4 Å². The molecule has 30 heavy (non-hydrogen) atoms. The van der Waals surface area contributed by atoms with Crippen molar-refractivity contribution in [1.29, 1.82) is 0 Å². The molecule has 2 atom stereocenters. The first-order valence-corrected chi connectivity index (χ1v) is 9.82. The summed E-state index contributed by atoms with van der Waals surface area (Å²) in [5, 5.41) is 12.4. The molecule has 0 aromatic heterocycles. The van der Waals surface area contributed by atoms with Gasteiger partial charge in [-0.3, -0.25) is 19.4 Å². The number of imide groups is 1. The molecule has 2 aromatic rings. The zero-order valence-electron chi connectivity index (χ0n) is 16.7. The number of hydrogen-bond donors (Lipinski definition) is 1. The van der Waals surface area contributed by atoms with Crippen LogP contribution in [0.15, 0.2) is 46.7 Å². The van der Waals surface area contributed by atoms with Crippen LogP contribution in [0.2, 0.25) is 5.02 Å². The molecule has 2 heterocycles. The average molecular weight is 426 g/mol. The Balaban J connectivity index is 1.51. The van der Waals surface area contributed by atoms with E-state index < -0.39 is 23.9 Å². The maximum atomic E-state index is 13.0. The molecule has 8 nitrogen and oxygen atoms in total. The molecule has 0 unspecified atom stereocenters. The molecular formula is C21H20ClN5O3. The maximum Gasteiger partial charge on any atom is 0.263 e. The third kappa shape index (κ3) is 3.43. The SMILES string of the molecule is Cc1ccc(N2C(=O)[C@@H]3[C@@H](N=NN3CC(=O)Nc3cc(Cl)ccc3C)C2=O)cc1C. The van der Waals surface area contributed by atoms with E-state index in [9.17, 15) is 14.4 Å². The molecule has 1 saturated heterocycles.